The van der Waals surface area contributed by atoms with Crippen LogP contribution >= 0.6 is 0 Å². The minimum atomic E-state index is -0.183. The molecule has 1 aliphatic heterocycles. The Balaban J connectivity index is 1.68. The minimum Gasteiger partial charge on any atom is -0.378 e. The van der Waals surface area contributed by atoms with E-state index >= 15 is 0 Å². The highest BCUT2D eigenvalue weighted by molar-refractivity contribution is 6.05. The van der Waals surface area contributed by atoms with Gasteiger partial charge in [0, 0.05) is 29.9 Å². The lowest BCUT2D eigenvalue weighted by molar-refractivity contribution is 0.0303. The number of aryl methyl sites for hydroxylation is 2. The lowest BCUT2D eigenvalue weighted by atomic mass is 10.1. The molecule has 5 heteroatoms. The maximum atomic E-state index is 12.4. The van der Waals surface area contributed by atoms with Gasteiger partial charge in [-0.3, -0.25) is 9.59 Å². The van der Waals surface area contributed by atoms with Gasteiger partial charge in [-0.25, -0.2) is 0 Å². The van der Waals surface area contributed by atoms with Gasteiger partial charge in [0.2, 0.25) is 0 Å². The molecule has 3 rings (SSSR count). The standard InChI is InChI=1S/C20H22N2O3/c1-14-3-8-18(15(2)13-14)21-19(23)16-4-6-17(7-5-16)20(24)22-9-11-25-12-10-22/h3-8,13H,9-12H2,1-2H3,(H,21,23). The molecule has 0 atom stereocenters. The molecule has 130 valence electrons. The number of hydrogen-bond acceptors (Lipinski definition) is 3. The number of carbonyl (C=O) groups is 2. The molecule has 0 saturated carbocycles. The third-order valence-electron chi connectivity index (χ3n) is 4.32. The average Bonchev–Trinajstić information content (AvgIpc) is 2.64. The van der Waals surface area contributed by atoms with Gasteiger partial charge >= 0.3 is 0 Å². The number of nitrogens with one attached hydrogen (secondary N) is 1. The average molecular weight is 338 g/mol. The molecule has 1 fully saturated rings. The number of ether oxygens (including phenoxy) is 1. The smallest absolute Gasteiger partial charge is 0.255 e. The van der Waals surface area contributed by atoms with E-state index in [1.807, 2.05) is 32.0 Å². The van der Waals surface area contributed by atoms with Crippen molar-refractivity contribution < 1.29 is 14.3 Å². The second-order valence-corrected chi connectivity index (χ2v) is 6.25. The molecule has 0 bridgehead atoms. The zero-order valence-corrected chi connectivity index (χ0v) is 14.5. The molecule has 25 heavy (non-hydrogen) atoms. The summed E-state index contributed by atoms with van der Waals surface area (Å²) in [5.74, 6) is -0.207. The van der Waals surface area contributed by atoms with Crippen molar-refractivity contribution in [2.45, 2.75) is 13.8 Å². The van der Waals surface area contributed by atoms with Crippen molar-refractivity contribution in [3.05, 3.63) is 64.7 Å². The molecule has 0 radical (unpaired) electrons. The summed E-state index contributed by atoms with van der Waals surface area (Å²) in [6.45, 7) is 6.33. The van der Waals surface area contributed by atoms with Crippen molar-refractivity contribution in [3.8, 4) is 0 Å². The van der Waals surface area contributed by atoms with Crippen LogP contribution in [0, 0.1) is 13.8 Å². The quantitative estimate of drug-likeness (QED) is 0.936. The van der Waals surface area contributed by atoms with Crippen molar-refractivity contribution in [3.63, 3.8) is 0 Å². The molecule has 1 aliphatic rings. The number of nitrogens with zero attached hydrogens (tertiary/aromatic N) is 1. The maximum absolute atomic E-state index is 12.4. The molecule has 2 aromatic carbocycles. The predicted octanol–water partition coefficient (Wildman–Crippen LogP) is 3.03. The van der Waals surface area contributed by atoms with E-state index in [4.69, 9.17) is 4.74 Å². The Bertz CT molecular complexity index is 778. The van der Waals surface area contributed by atoms with Gasteiger partial charge in [-0.15, -0.1) is 0 Å². The number of benzene rings is 2. The van der Waals surface area contributed by atoms with Crippen LogP contribution in [0.15, 0.2) is 42.5 Å². The summed E-state index contributed by atoms with van der Waals surface area (Å²) in [4.78, 5) is 26.6. The second-order valence-electron chi connectivity index (χ2n) is 6.25. The number of amides is 2. The van der Waals surface area contributed by atoms with E-state index in [-0.39, 0.29) is 11.8 Å². The Kier molecular flexibility index (Phi) is 5.14. The van der Waals surface area contributed by atoms with Gasteiger partial charge in [-0.2, -0.15) is 0 Å². The number of rotatable bonds is 3. The first-order chi connectivity index (χ1) is 12.0. The zero-order chi connectivity index (χ0) is 17.8. The first-order valence-corrected chi connectivity index (χ1v) is 8.40. The molecule has 1 N–H and O–H groups in total. The van der Waals surface area contributed by atoms with Gasteiger partial charge in [0.1, 0.15) is 0 Å². The molecule has 2 amide bonds. The van der Waals surface area contributed by atoms with E-state index in [0.29, 0.717) is 37.4 Å². The minimum absolute atomic E-state index is 0.0235. The van der Waals surface area contributed by atoms with Crippen molar-refractivity contribution in [1.82, 2.24) is 4.90 Å². The van der Waals surface area contributed by atoms with Gasteiger partial charge in [-0.05, 0) is 49.7 Å². The van der Waals surface area contributed by atoms with E-state index in [1.54, 1.807) is 29.2 Å². The fourth-order valence-electron chi connectivity index (χ4n) is 2.86. The van der Waals surface area contributed by atoms with E-state index in [1.165, 1.54) is 0 Å². The first kappa shape index (κ1) is 17.2. The SMILES string of the molecule is Cc1ccc(NC(=O)c2ccc(C(=O)N3CCOCC3)cc2)c(C)c1. The molecular weight excluding hydrogens is 316 g/mol. The Morgan fingerprint density at radius 3 is 2.24 bits per heavy atom. The Morgan fingerprint density at radius 2 is 1.60 bits per heavy atom. The topological polar surface area (TPSA) is 58.6 Å². The lowest BCUT2D eigenvalue weighted by Gasteiger charge is -2.26. The summed E-state index contributed by atoms with van der Waals surface area (Å²) in [7, 11) is 0. The van der Waals surface area contributed by atoms with Crippen LogP contribution in [-0.2, 0) is 4.74 Å². The highest BCUT2D eigenvalue weighted by Gasteiger charge is 2.18. The van der Waals surface area contributed by atoms with Gasteiger partial charge in [-0.1, -0.05) is 17.7 Å². The third kappa shape index (κ3) is 4.06. The van der Waals surface area contributed by atoms with Crippen molar-refractivity contribution in [1.29, 1.82) is 0 Å². The van der Waals surface area contributed by atoms with Crippen molar-refractivity contribution in [2.75, 3.05) is 31.6 Å². The highest BCUT2D eigenvalue weighted by Crippen LogP contribution is 2.17. The number of hydrogen-bond donors (Lipinski definition) is 1. The molecule has 2 aromatic rings. The Hall–Kier alpha value is -2.66. The normalized spacial score (nSPS) is 14.2. The van der Waals surface area contributed by atoms with Crippen molar-refractivity contribution >= 4 is 17.5 Å². The van der Waals surface area contributed by atoms with E-state index in [2.05, 4.69) is 5.32 Å². The Morgan fingerprint density at radius 1 is 0.960 bits per heavy atom. The summed E-state index contributed by atoms with van der Waals surface area (Å²) in [5, 5.41) is 2.91. The summed E-state index contributed by atoms with van der Waals surface area (Å²) in [5.41, 5.74) is 4.08. The molecule has 1 heterocycles. The van der Waals surface area contributed by atoms with Crippen LogP contribution < -0.4 is 5.32 Å². The lowest BCUT2D eigenvalue weighted by Crippen LogP contribution is -2.40. The van der Waals surface area contributed by atoms with Gasteiger partial charge < -0.3 is 15.0 Å². The number of carbonyl (C=O) groups excluding carboxylic acids is 2. The predicted molar refractivity (Wildman–Crippen MR) is 97.0 cm³/mol. The van der Waals surface area contributed by atoms with E-state index in [0.717, 1.165) is 16.8 Å². The van der Waals surface area contributed by atoms with Crippen LogP contribution in [0.4, 0.5) is 5.69 Å². The van der Waals surface area contributed by atoms with Crippen LogP contribution in [0.2, 0.25) is 0 Å². The first-order valence-electron chi connectivity index (χ1n) is 8.40. The third-order valence-corrected chi connectivity index (χ3v) is 4.32. The molecule has 0 spiro atoms. The molecule has 1 saturated heterocycles. The highest BCUT2D eigenvalue weighted by atomic mass is 16.5. The monoisotopic (exact) mass is 338 g/mol. The number of anilines is 1. The Labute approximate surface area is 147 Å². The van der Waals surface area contributed by atoms with Gasteiger partial charge in [0.25, 0.3) is 11.8 Å². The largest absolute Gasteiger partial charge is 0.378 e. The van der Waals surface area contributed by atoms with Crippen molar-refractivity contribution in [2.24, 2.45) is 0 Å². The zero-order valence-electron chi connectivity index (χ0n) is 14.5. The van der Waals surface area contributed by atoms with Crippen LogP contribution in [0.25, 0.3) is 0 Å². The molecule has 0 unspecified atom stereocenters. The van der Waals surface area contributed by atoms with E-state index in [9.17, 15) is 9.59 Å². The summed E-state index contributed by atoms with van der Waals surface area (Å²) < 4.78 is 5.26. The molecular formula is C20H22N2O3. The fraction of sp³-hybridized carbons (Fsp3) is 0.300. The van der Waals surface area contributed by atoms with Crippen LogP contribution in [0.3, 0.4) is 0 Å². The number of morpholine rings is 1. The molecule has 0 aromatic heterocycles. The van der Waals surface area contributed by atoms with Gasteiger partial charge in [0.05, 0.1) is 13.2 Å². The maximum Gasteiger partial charge on any atom is 0.255 e. The second kappa shape index (κ2) is 7.49. The van der Waals surface area contributed by atoms with E-state index < -0.39 is 0 Å². The van der Waals surface area contributed by atoms with Crippen LogP contribution in [-0.4, -0.2) is 43.0 Å². The molecule has 5 nitrogen and oxygen atoms in total. The summed E-state index contributed by atoms with van der Waals surface area (Å²) >= 11 is 0. The van der Waals surface area contributed by atoms with Gasteiger partial charge in [0.15, 0.2) is 0 Å². The van der Waals surface area contributed by atoms with Crippen LogP contribution in [0.5, 0.6) is 0 Å². The molecule has 0 aliphatic carbocycles. The van der Waals surface area contributed by atoms with Crippen LogP contribution in [0.1, 0.15) is 31.8 Å². The summed E-state index contributed by atoms with van der Waals surface area (Å²) in [6.07, 6.45) is 0. The fourth-order valence-corrected chi connectivity index (χ4v) is 2.86. The summed E-state index contributed by atoms with van der Waals surface area (Å²) in [6, 6.07) is 12.7.